The van der Waals surface area contributed by atoms with Gasteiger partial charge in [-0.05, 0) is 61.3 Å². The van der Waals surface area contributed by atoms with Crippen LogP contribution in [-0.4, -0.2) is 16.9 Å². The molecule has 0 aliphatic heterocycles. The number of hydrogen-bond acceptors (Lipinski definition) is 2. The minimum Gasteiger partial charge on any atom is -0.497 e. The second kappa shape index (κ2) is 7.12. The summed E-state index contributed by atoms with van der Waals surface area (Å²) in [7, 11) is 1.70. The average molecular weight is 367 g/mol. The van der Waals surface area contributed by atoms with Crippen molar-refractivity contribution in [1.29, 1.82) is 0 Å². The van der Waals surface area contributed by atoms with Gasteiger partial charge in [0.2, 0.25) is 0 Å². The van der Waals surface area contributed by atoms with Gasteiger partial charge < -0.3 is 4.74 Å². The van der Waals surface area contributed by atoms with Crippen LogP contribution in [0.2, 0.25) is 0 Å². The van der Waals surface area contributed by atoms with Crippen LogP contribution in [0.5, 0.6) is 5.75 Å². The van der Waals surface area contributed by atoms with Gasteiger partial charge in [-0.15, -0.1) is 0 Å². The normalized spacial score (nSPS) is 18.7. The van der Waals surface area contributed by atoms with Crippen LogP contribution in [0.4, 0.5) is 0 Å². The molecule has 0 saturated heterocycles. The summed E-state index contributed by atoms with van der Waals surface area (Å²) in [5.74, 6) is 2.62. The molecule has 2 aliphatic carbocycles. The van der Waals surface area contributed by atoms with Crippen molar-refractivity contribution in [1.82, 2.24) is 9.78 Å². The zero-order valence-electron chi connectivity index (χ0n) is 16.2. The highest BCUT2D eigenvalue weighted by atomic mass is 16.5. The molecule has 1 unspecified atom stereocenters. The molecule has 2 aromatic carbocycles. The van der Waals surface area contributed by atoms with E-state index in [1.807, 2.05) is 12.1 Å². The maximum atomic E-state index is 5.30. The Morgan fingerprint density at radius 2 is 1.79 bits per heavy atom. The third kappa shape index (κ3) is 2.94. The summed E-state index contributed by atoms with van der Waals surface area (Å²) in [6, 6.07) is 17.0. The molecule has 1 heterocycles. The predicted octanol–water partition coefficient (Wildman–Crippen LogP) is 5.02. The van der Waals surface area contributed by atoms with Gasteiger partial charge in [-0.3, -0.25) is 4.68 Å². The van der Waals surface area contributed by atoms with Crippen molar-refractivity contribution in [2.75, 3.05) is 7.11 Å². The Bertz CT molecular complexity index is 980. The van der Waals surface area contributed by atoms with Crippen molar-refractivity contribution in [3.63, 3.8) is 0 Å². The van der Waals surface area contributed by atoms with Crippen LogP contribution in [0.25, 0.3) is 11.3 Å². The molecule has 2 aliphatic rings. The molecular weight excluding hydrogens is 344 g/mol. The zero-order valence-corrected chi connectivity index (χ0v) is 16.2. The molecule has 5 radical (unpaired) electrons. The topological polar surface area (TPSA) is 27.1 Å². The summed E-state index contributed by atoms with van der Waals surface area (Å²) in [5.41, 5.74) is 7.65. The maximum Gasteiger partial charge on any atom is 0.118 e. The largest absolute Gasteiger partial charge is 0.497 e. The molecule has 3 aromatic rings. The Hall–Kier alpha value is -2.55. The molecule has 3 heteroatoms. The highest BCUT2D eigenvalue weighted by Crippen LogP contribution is 2.44. The van der Waals surface area contributed by atoms with Gasteiger partial charge in [0.1, 0.15) is 5.75 Å². The molecule has 1 fully saturated rings. The molecule has 5 rings (SSSR count). The van der Waals surface area contributed by atoms with Gasteiger partial charge in [-0.25, -0.2) is 0 Å². The molecule has 0 bridgehead atoms. The smallest absolute Gasteiger partial charge is 0.118 e. The van der Waals surface area contributed by atoms with E-state index in [0.29, 0.717) is 5.92 Å². The molecule has 3 nitrogen and oxygen atoms in total. The molecular formula is C25H23N2O. The van der Waals surface area contributed by atoms with Gasteiger partial charge in [0, 0.05) is 17.0 Å². The Labute approximate surface area is 167 Å². The number of nitrogens with zero attached hydrogens (tertiary/aromatic N) is 2. The SMILES string of the molecule is COc1ccc(Cn2nc3c(c2[C]2[CH][CH][CH][CH]2)CC(C)c2ccccc2-3)cc1. The Kier molecular flexibility index (Phi) is 4.46. The number of benzene rings is 2. The molecule has 139 valence electrons. The molecule has 0 N–H and O–H groups in total. The molecule has 1 atom stereocenters. The fourth-order valence-electron chi connectivity index (χ4n) is 4.34. The molecule has 1 saturated carbocycles. The van der Waals surface area contributed by atoms with E-state index < -0.39 is 0 Å². The summed E-state index contributed by atoms with van der Waals surface area (Å²) < 4.78 is 7.47. The van der Waals surface area contributed by atoms with E-state index in [-0.39, 0.29) is 0 Å². The van der Waals surface area contributed by atoms with Crippen LogP contribution in [0.15, 0.2) is 48.5 Å². The van der Waals surface area contributed by atoms with E-state index in [1.54, 1.807) is 7.11 Å². The monoisotopic (exact) mass is 367 g/mol. The molecule has 0 amide bonds. The van der Waals surface area contributed by atoms with E-state index in [0.717, 1.165) is 24.4 Å². The van der Waals surface area contributed by atoms with E-state index in [2.05, 4.69) is 73.7 Å². The third-order valence-electron chi connectivity index (χ3n) is 5.74. The van der Waals surface area contributed by atoms with Gasteiger partial charge >= 0.3 is 0 Å². The fourth-order valence-corrected chi connectivity index (χ4v) is 4.34. The number of aromatic nitrogens is 2. The van der Waals surface area contributed by atoms with Crippen LogP contribution in [-0.2, 0) is 13.0 Å². The minimum absolute atomic E-state index is 0.496. The Morgan fingerprint density at radius 1 is 1.04 bits per heavy atom. The number of rotatable bonds is 4. The predicted molar refractivity (Wildman–Crippen MR) is 111 cm³/mol. The van der Waals surface area contributed by atoms with Crippen molar-refractivity contribution >= 4 is 0 Å². The van der Waals surface area contributed by atoms with Gasteiger partial charge in [-0.1, -0.05) is 43.3 Å². The summed E-state index contributed by atoms with van der Waals surface area (Å²) >= 11 is 0. The quantitative estimate of drug-likeness (QED) is 0.647. The zero-order chi connectivity index (χ0) is 19.1. The minimum atomic E-state index is 0.496. The van der Waals surface area contributed by atoms with Crippen LogP contribution < -0.4 is 4.74 Å². The van der Waals surface area contributed by atoms with Gasteiger partial charge in [0.15, 0.2) is 0 Å². The van der Waals surface area contributed by atoms with Gasteiger partial charge in [0.25, 0.3) is 0 Å². The lowest BCUT2D eigenvalue weighted by atomic mass is 9.80. The van der Waals surface area contributed by atoms with E-state index in [9.17, 15) is 0 Å². The average Bonchev–Trinajstić information content (AvgIpc) is 3.36. The van der Waals surface area contributed by atoms with Crippen LogP contribution in [0.1, 0.15) is 35.2 Å². The number of ether oxygens (including phenoxy) is 1. The Morgan fingerprint density at radius 3 is 2.54 bits per heavy atom. The van der Waals surface area contributed by atoms with Crippen molar-refractivity contribution in [3.05, 3.63) is 103 Å². The lowest BCUT2D eigenvalue weighted by molar-refractivity contribution is 0.414. The standard InChI is InChI=1S/C25H23N2O/c1-17-15-23-24(22-10-6-5-9-21(17)22)26-27(25(23)19-7-3-4-8-19)16-18-11-13-20(28-2)14-12-18/h3-14,17H,15-16H2,1-2H3. The van der Waals surface area contributed by atoms with E-state index >= 15 is 0 Å². The highest BCUT2D eigenvalue weighted by Gasteiger charge is 2.33. The Balaban J connectivity index is 1.61. The van der Waals surface area contributed by atoms with E-state index in [1.165, 1.54) is 33.9 Å². The fraction of sp³-hybridized carbons (Fsp3) is 0.200. The first-order valence-corrected chi connectivity index (χ1v) is 9.78. The van der Waals surface area contributed by atoms with Crippen molar-refractivity contribution < 1.29 is 4.74 Å². The lowest BCUT2D eigenvalue weighted by Crippen LogP contribution is -2.13. The van der Waals surface area contributed by atoms with Crippen molar-refractivity contribution in [3.8, 4) is 17.0 Å². The first kappa shape index (κ1) is 17.5. The van der Waals surface area contributed by atoms with Crippen LogP contribution in [0, 0.1) is 31.6 Å². The third-order valence-corrected chi connectivity index (χ3v) is 5.74. The number of fused-ring (bicyclic) bond motifs is 3. The van der Waals surface area contributed by atoms with Crippen LogP contribution in [0.3, 0.4) is 0 Å². The number of methoxy groups -OCH3 is 1. The summed E-state index contributed by atoms with van der Waals surface area (Å²) in [6.07, 6.45) is 9.61. The molecule has 0 spiro atoms. The second-order valence-corrected chi connectivity index (χ2v) is 7.55. The van der Waals surface area contributed by atoms with Crippen molar-refractivity contribution in [2.45, 2.75) is 25.8 Å². The van der Waals surface area contributed by atoms with Gasteiger partial charge in [-0.2, -0.15) is 5.10 Å². The first-order chi connectivity index (χ1) is 13.7. The van der Waals surface area contributed by atoms with Crippen molar-refractivity contribution in [2.24, 2.45) is 0 Å². The summed E-state index contributed by atoms with van der Waals surface area (Å²) in [6.45, 7) is 3.06. The van der Waals surface area contributed by atoms with Crippen LogP contribution >= 0.6 is 0 Å². The number of hydrogen-bond donors (Lipinski definition) is 0. The van der Waals surface area contributed by atoms with Gasteiger partial charge in [0.05, 0.1) is 25.0 Å². The molecule has 1 aromatic heterocycles. The maximum absolute atomic E-state index is 5.30. The summed E-state index contributed by atoms with van der Waals surface area (Å²) in [4.78, 5) is 0. The first-order valence-electron chi connectivity index (χ1n) is 9.78. The highest BCUT2D eigenvalue weighted by molar-refractivity contribution is 5.73. The second-order valence-electron chi connectivity index (χ2n) is 7.55. The summed E-state index contributed by atoms with van der Waals surface area (Å²) in [5, 5.41) is 5.11. The van der Waals surface area contributed by atoms with E-state index in [4.69, 9.17) is 9.84 Å². The molecule has 28 heavy (non-hydrogen) atoms. The lowest BCUT2D eigenvalue weighted by Gasteiger charge is -2.23.